The van der Waals surface area contributed by atoms with Crippen LogP contribution in [0.5, 0.6) is 0 Å². The fourth-order valence-corrected chi connectivity index (χ4v) is 3.67. The predicted molar refractivity (Wildman–Crippen MR) is 115 cm³/mol. The number of unbranched alkanes of at least 4 members (excludes halogenated alkanes) is 1. The first-order valence-corrected chi connectivity index (χ1v) is 10.6. The van der Waals surface area contributed by atoms with Gasteiger partial charge >= 0.3 is 0 Å². The molecule has 29 heavy (non-hydrogen) atoms. The van der Waals surface area contributed by atoms with Crippen LogP contribution in [0.15, 0.2) is 24.3 Å². The van der Waals surface area contributed by atoms with E-state index in [1.54, 1.807) is 0 Å². The summed E-state index contributed by atoms with van der Waals surface area (Å²) in [6.07, 6.45) is 5.12. The minimum atomic E-state index is 0.158. The average Bonchev–Trinajstić information content (AvgIpc) is 3.51. The smallest absolute Gasteiger partial charge is 0.223 e. The Labute approximate surface area is 170 Å². The molecule has 1 fully saturated rings. The zero-order valence-electron chi connectivity index (χ0n) is 17.0. The Morgan fingerprint density at radius 3 is 2.90 bits per heavy atom. The molecule has 2 aromatic heterocycles. The van der Waals surface area contributed by atoms with Gasteiger partial charge in [-0.1, -0.05) is 31.5 Å². The number of ether oxygens (including phenoxy) is 1. The van der Waals surface area contributed by atoms with E-state index in [0.29, 0.717) is 32.1 Å². The number of nitrogen functional groups attached to an aromatic ring is 1. The van der Waals surface area contributed by atoms with Gasteiger partial charge in [0.2, 0.25) is 5.91 Å². The van der Waals surface area contributed by atoms with Gasteiger partial charge in [-0.3, -0.25) is 4.79 Å². The van der Waals surface area contributed by atoms with Crippen LogP contribution in [0.3, 0.4) is 0 Å². The molecule has 7 nitrogen and oxygen atoms in total. The standard InChI is InChI=1S/C22H29N5O2/c1-2-3-8-18-26-19-20(16-6-4-5-7-17(16)25-21(19)23)27(18)12-14-29-13-11-24-22(28)15-9-10-15/h4-7,15H,2-3,8-14H2,1H3,(H2,23,25)(H,24,28). The van der Waals surface area contributed by atoms with Crippen LogP contribution in [0.25, 0.3) is 21.9 Å². The Bertz CT molecular complexity index is 1010. The third kappa shape index (κ3) is 4.34. The van der Waals surface area contributed by atoms with Crippen molar-refractivity contribution in [3.8, 4) is 0 Å². The third-order valence-electron chi connectivity index (χ3n) is 5.40. The second-order valence-electron chi connectivity index (χ2n) is 7.67. The van der Waals surface area contributed by atoms with E-state index in [-0.39, 0.29) is 11.8 Å². The van der Waals surface area contributed by atoms with Crippen molar-refractivity contribution in [2.45, 2.75) is 45.6 Å². The summed E-state index contributed by atoms with van der Waals surface area (Å²) in [5, 5.41) is 3.99. The summed E-state index contributed by atoms with van der Waals surface area (Å²) in [4.78, 5) is 21.0. The van der Waals surface area contributed by atoms with Gasteiger partial charge in [0, 0.05) is 30.8 Å². The number of benzene rings is 1. The van der Waals surface area contributed by atoms with Crippen molar-refractivity contribution < 1.29 is 9.53 Å². The normalized spacial score (nSPS) is 14.0. The predicted octanol–water partition coefficient (Wildman–Crippen LogP) is 3.05. The Kier molecular flexibility index (Phi) is 5.94. The third-order valence-corrected chi connectivity index (χ3v) is 5.40. The Hall–Kier alpha value is -2.67. The molecule has 154 valence electrons. The molecule has 1 aliphatic carbocycles. The fraction of sp³-hybridized carbons (Fsp3) is 0.500. The maximum Gasteiger partial charge on any atom is 0.223 e. The van der Waals surface area contributed by atoms with E-state index in [0.717, 1.165) is 59.9 Å². The van der Waals surface area contributed by atoms with Gasteiger partial charge in [0.05, 0.1) is 24.2 Å². The van der Waals surface area contributed by atoms with Crippen LogP contribution in [0, 0.1) is 5.92 Å². The van der Waals surface area contributed by atoms with Crippen LogP contribution in [0.1, 0.15) is 38.4 Å². The zero-order chi connectivity index (χ0) is 20.2. The van der Waals surface area contributed by atoms with Gasteiger partial charge in [-0.2, -0.15) is 0 Å². The molecule has 0 aliphatic heterocycles. The van der Waals surface area contributed by atoms with Gasteiger partial charge in [0.25, 0.3) is 0 Å². The monoisotopic (exact) mass is 395 g/mol. The van der Waals surface area contributed by atoms with Gasteiger partial charge in [0.15, 0.2) is 5.82 Å². The number of pyridine rings is 1. The summed E-state index contributed by atoms with van der Waals surface area (Å²) in [5.74, 6) is 1.89. The molecule has 0 saturated heterocycles. The molecule has 2 heterocycles. The van der Waals surface area contributed by atoms with Gasteiger partial charge in [0.1, 0.15) is 11.3 Å². The van der Waals surface area contributed by atoms with Gasteiger partial charge < -0.3 is 20.4 Å². The number of hydrogen-bond acceptors (Lipinski definition) is 5. The Morgan fingerprint density at radius 2 is 2.10 bits per heavy atom. The highest BCUT2D eigenvalue weighted by atomic mass is 16.5. The molecule has 1 saturated carbocycles. The van der Waals surface area contributed by atoms with E-state index in [9.17, 15) is 4.79 Å². The summed E-state index contributed by atoms with van der Waals surface area (Å²) in [6.45, 7) is 4.50. The average molecular weight is 396 g/mol. The molecular weight excluding hydrogens is 366 g/mol. The zero-order valence-corrected chi connectivity index (χ0v) is 17.0. The topological polar surface area (TPSA) is 95.1 Å². The minimum Gasteiger partial charge on any atom is -0.382 e. The second-order valence-corrected chi connectivity index (χ2v) is 7.67. The van der Waals surface area contributed by atoms with Gasteiger partial charge in [-0.05, 0) is 25.3 Å². The highest BCUT2D eigenvalue weighted by molar-refractivity contribution is 6.06. The van der Waals surface area contributed by atoms with E-state index in [1.807, 2.05) is 18.2 Å². The summed E-state index contributed by atoms with van der Waals surface area (Å²) in [7, 11) is 0. The maximum atomic E-state index is 11.7. The summed E-state index contributed by atoms with van der Waals surface area (Å²) in [6, 6.07) is 8.04. The molecule has 1 aromatic carbocycles. The van der Waals surface area contributed by atoms with Gasteiger partial charge in [-0.15, -0.1) is 0 Å². The SMILES string of the molecule is CCCCc1nc2c(N)nc3ccccc3c2n1CCOCCNC(=O)C1CC1. The first kappa shape index (κ1) is 19.6. The molecule has 3 N–H and O–H groups in total. The number of rotatable bonds is 10. The number of para-hydroxylation sites is 1. The Balaban J connectivity index is 1.50. The van der Waals surface area contributed by atoms with Crippen molar-refractivity contribution in [1.29, 1.82) is 0 Å². The van der Waals surface area contributed by atoms with Crippen molar-refractivity contribution >= 4 is 33.7 Å². The molecule has 4 rings (SSSR count). The number of aromatic nitrogens is 3. The lowest BCUT2D eigenvalue weighted by Gasteiger charge is -2.12. The van der Waals surface area contributed by atoms with Crippen LogP contribution in [-0.4, -0.2) is 40.2 Å². The molecule has 0 unspecified atom stereocenters. The molecule has 1 amide bonds. The summed E-state index contributed by atoms with van der Waals surface area (Å²) in [5.41, 5.74) is 8.91. The molecule has 0 atom stereocenters. The van der Waals surface area contributed by atoms with Crippen LogP contribution < -0.4 is 11.1 Å². The maximum absolute atomic E-state index is 11.7. The number of imidazole rings is 1. The van der Waals surface area contributed by atoms with Crippen molar-refractivity contribution in [3.63, 3.8) is 0 Å². The molecule has 7 heteroatoms. The van der Waals surface area contributed by atoms with Gasteiger partial charge in [-0.25, -0.2) is 9.97 Å². The first-order valence-electron chi connectivity index (χ1n) is 10.6. The molecule has 0 radical (unpaired) electrons. The number of amides is 1. The van der Waals surface area contributed by atoms with Crippen molar-refractivity contribution in [2.24, 2.45) is 5.92 Å². The highest BCUT2D eigenvalue weighted by Crippen LogP contribution is 2.29. The van der Waals surface area contributed by atoms with Crippen molar-refractivity contribution in [3.05, 3.63) is 30.1 Å². The fourth-order valence-electron chi connectivity index (χ4n) is 3.67. The second kappa shape index (κ2) is 8.78. The number of nitrogens with two attached hydrogens (primary N) is 1. The molecule has 3 aromatic rings. The summed E-state index contributed by atoms with van der Waals surface area (Å²) >= 11 is 0. The highest BCUT2D eigenvalue weighted by Gasteiger charge is 2.29. The summed E-state index contributed by atoms with van der Waals surface area (Å²) < 4.78 is 8.03. The lowest BCUT2D eigenvalue weighted by atomic mass is 10.2. The lowest BCUT2D eigenvalue weighted by molar-refractivity contribution is -0.122. The quantitative estimate of drug-likeness (QED) is 0.515. The van der Waals surface area contributed by atoms with E-state index >= 15 is 0 Å². The largest absolute Gasteiger partial charge is 0.382 e. The number of carbonyl (C=O) groups is 1. The molecule has 0 bridgehead atoms. The number of carbonyl (C=O) groups excluding carboxylic acids is 1. The van der Waals surface area contributed by atoms with Crippen molar-refractivity contribution in [1.82, 2.24) is 19.9 Å². The number of anilines is 1. The van der Waals surface area contributed by atoms with E-state index in [4.69, 9.17) is 15.5 Å². The van der Waals surface area contributed by atoms with Crippen LogP contribution in [-0.2, 0) is 22.5 Å². The Morgan fingerprint density at radius 1 is 1.28 bits per heavy atom. The van der Waals surface area contributed by atoms with Crippen molar-refractivity contribution in [2.75, 3.05) is 25.5 Å². The number of nitrogens with zero attached hydrogens (tertiary/aromatic N) is 3. The number of nitrogens with one attached hydrogen (secondary N) is 1. The lowest BCUT2D eigenvalue weighted by Crippen LogP contribution is -2.28. The number of aryl methyl sites for hydroxylation is 1. The van der Waals surface area contributed by atoms with Crippen LogP contribution in [0.4, 0.5) is 5.82 Å². The molecular formula is C22H29N5O2. The first-order chi connectivity index (χ1) is 14.2. The van der Waals surface area contributed by atoms with E-state index in [2.05, 4.69) is 27.9 Å². The number of hydrogen-bond donors (Lipinski definition) is 2. The molecule has 1 aliphatic rings. The molecule has 0 spiro atoms. The van der Waals surface area contributed by atoms with E-state index in [1.165, 1.54) is 0 Å². The van der Waals surface area contributed by atoms with Crippen LogP contribution in [0.2, 0.25) is 0 Å². The van der Waals surface area contributed by atoms with Crippen LogP contribution >= 0.6 is 0 Å². The number of fused-ring (bicyclic) bond motifs is 3. The van der Waals surface area contributed by atoms with E-state index < -0.39 is 0 Å². The minimum absolute atomic E-state index is 0.158.